The second-order valence-corrected chi connectivity index (χ2v) is 7.00. The van der Waals surface area contributed by atoms with E-state index in [1.807, 2.05) is 0 Å². The molecule has 0 aromatic carbocycles. The Labute approximate surface area is 146 Å². The molecule has 1 fully saturated rings. The van der Waals surface area contributed by atoms with Crippen LogP contribution in [0.4, 0.5) is 11.6 Å². The molecule has 0 bridgehead atoms. The summed E-state index contributed by atoms with van der Waals surface area (Å²) in [5.74, 6) is 1.30. The fourth-order valence-electron chi connectivity index (χ4n) is 2.83. The lowest BCUT2D eigenvalue weighted by molar-refractivity contribution is -0.0516. The molecule has 1 saturated carbocycles. The fourth-order valence-corrected chi connectivity index (χ4v) is 2.83. The average Bonchev–Trinajstić information content (AvgIpc) is 2.54. The lowest BCUT2D eigenvalue weighted by Crippen LogP contribution is -2.40. The van der Waals surface area contributed by atoms with Crippen molar-refractivity contribution in [2.24, 2.45) is 0 Å². The van der Waals surface area contributed by atoms with Gasteiger partial charge >= 0.3 is 0 Å². The number of aromatic nitrogens is 3. The molecular weight excluding hydrogens is 322 g/mol. The number of nitrogens with zero attached hydrogens (tertiary/aromatic N) is 3. The van der Waals surface area contributed by atoms with Gasteiger partial charge in [-0.25, -0.2) is 9.97 Å². The van der Waals surface area contributed by atoms with Crippen molar-refractivity contribution in [1.29, 1.82) is 0 Å². The van der Waals surface area contributed by atoms with Crippen LogP contribution in [0.15, 0.2) is 12.3 Å². The fraction of sp³-hybridized carbons (Fsp3) is 0.588. The third-order valence-corrected chi connectivity index (χ3v) is 4.53. The zero-order chi connectivity index (χ0) is 18.2. The van der Waals surface area contributed by atoms with Crippen LogP contribution in [0, 0.1) is 0 Å². The molecule has 0 saturated heterocycles. The first-order valence-electron chi connectivity index (χ1n) is 8.37. The third kappa shape index (κ3) is 3.65. The standard InChI is InChI=1S/C17H25N5O3/c1-17(2,24)14(23)12-7-11-13(8-19-12)22-15(18-3)16(21-11)20-9-5-10(6-9)25-4/h7-10,14,23-24H,5-6H2,1-4H3,(H,18,22)(H,20,21). The summed E-state index contributed by atoms with van der Waals surface area (Å²) >= 11 is 0. The van der Waals surface area contributed by atoms with Crippen LogP contribution in [0.25, 0.3) is 11.0 Å². The normalized spacial score (nSPS) is 21.7. The van der Waals surface area contributed by atoms with Gasteiger partial charge < -0.3 is 25.6 Å². The molecule has 0 aliphatic heterocycles. The molecule has 4 N–H and O–H groups in total. The number of hydrogen-bond acceptors (Lipinski definition) is 8. The van der Waals surface area contributed by atoms with Gasteiger partial charge in [-0.3, -0.25) is 4.98 Å². The molecule has 0 amide bonds. The van der Waals surface area contributed by atoms with Crippen molar-refractivity contribution in [2.45, 2.75) is 50.5 Å². The van der Waals surface area contributed by atoms with E-state index in [9.17, 15) is 10.2 Å². The van der Waals surface area contributed by atoms with E-state index in [0.29, 0.717) is 40.5 Å². The second kappa shape index (κ2) is 6.70. The van der Waals surface area contributed by atoms with Gasteiger partial charge in [-0.05, 0) is 32.8 Å². The molecule has 0 radical (unpaired) electrons. The molecule has 3 rings (SSSR count). The van der Waals surface area contributed by atoms with Crippen molar-refractivity contribution in [3.8, 4) is 0 Å². The first-order chi connectivity index (χ1) is 11.8. The zero-order valence-corrected chi connectivity index (χ0v) is 14.9. The smallest absolute Gasteiger partial charge is 0.169 e. The summed E-state index contributed by atoms with van der Waals surface area (Å²) in [5.41, 5.74) is 0.296. The van der Waals surface area contributed by atoms with E-state index in [0.717, 1.165) is 12.8 Å². The summed E-state index contributed by atoms with van der Waals surface area (Å²) in [5, 5.41) is 26.7. The van der Waals surface area contributed by atoms with Crippen LogP contribution in [-0.2, 0) is 4.74 Å². The summed E-state index contributed by atoms with van der Waals surface area (Å²) in [4.78, 5) is 13.4. The maximum absolute atomic E-state index is 10.2. The van der Waals surface area contributed by atoms with Crippen molar-refractivity contribution < 1.29 is 14.9 Å². The molecule has 1 aliphatic rings. The first kappa shape index (κ1) is 17.8. The monoisotopic (exact) mass is 347 g/mol. The number of pyridine rings is 1. The molecule has 136 valence electrons. The van der Waals surface area contributed by atoms with E-state index in [1.54, 1.807) is 26.4 Å². The number of methoxy groups -OCH3 is 1. The topological polar surface area (TPSA) is 112 Å². The molecule has 0 spiro atoms. The van der Waals surface area contributed by atoms with Crippen LogP contribution in [0.1, 0.15) is 38.5 Å². The van der Waals surface area contributed by atoms with Gasteiger partial charge in [-0.1, -0.05) is 0 Å². The van der Waals surface area contributed by atoms with E-state index in [2.05, 4.69) is 25.6 Å². The van der Waals surface area contributed by atoms with E-state index >= 15 is 0 Å². The Kier molecular flexibility index (Phi) is 4.77. The van der Waals surface area contributed by atoms with Crippen LogP contribution in [0.3, 0.4) is 0 Å². The lowest BCUT2D eigenvalue weighted by Gasteiger charge is -2.35. The lowest BCUT2D eigenvalue weighted by atomic mass is 9.89. The number of nitrogens with one attached hydrogen (secondary N) is 2. The van der Waals surface area contributed by atoms with E-state index in [-0.39, 0.29) is 0 Å². The van der Waals surface area contributed by atoms with Gasteiger partial charge in [0.25, 0.3) is 0 Å². The van der Waals surface area contributed by atoms with Gasteiger partial charge in [0.2, 0.25) is 0 Å². The highest BCUT2D eigenvalue weighted by Crippen LogP contribution is 2.30. The summed E-state index contributed by atoms with van der Waals surface area (Å²) in [6.07, 6.45) is 2.60. The Morgan fingerprint density at radius 3 is 2.52 bits per heavy atom. The third-order valence-electron chi connectivity index (χ3n) is 4.53. The molecule has 8 heteroatoms. The number of anilines is 2. The van der Waals surface area contributed by atoms with E-state index in [4.69, 9.17) is 4.74 Å². The highest BCUT2D eigenvalue weighted by atomic mass is 16.5. The maximum atomic E-state index is 10.2. The summed E-state index contributed by atoms with van der Waals surface area (Å²) in [6.45, 7) is 3.07. The second-order valence-electron chi connectivity index (χ2n) is 7.00. The minimum absolute atomic E-state index is 0.293. The Balaban J connectivity index is 1.91. The summed E-state index contributed by atoms with van der Waals surface area (Å²) < 4.78 is 5.30. The van der Waals surface area contributed by atoms with Gasteiger partial charge in [0.05, 0.1) is 29.1 Å². The number of aliphatic hydroxyl groups is 2. The molecular formula is C17H25N5O3. The molecule has 1 unspecified atom stereocenters. The van der Waals surface area contributed by atoms with Crippen molar-refractivity contribution in [2.75, 3.05) is 24.8 Å². The predicted molar refractivity (Wildman–Crippen MR) is 95.6 cm³/mol. The number of ether oxygens (including phenoxy) is 1. The minimum atomic E-state index is -1.29. The average molecular weight is 347 g/mol. The van der Waals surface area contributed by atoms with Crippen LogP contribution < -0.4 is 10.6 Å². The van der Waals surface area contributed by atoms with Gasteiger partial charge in [0.1, 0.15) is 11.6 Å². The first-order valence-corrected chi connectivity index (χ1v) is 8.37. The van der Waals surface area contributed by atoms with E-state index < -0.39 is 11.7 Å². The minimum Gasteiger partial charge on any atom is -0.387 e. The molecule has 2 heterocycles. The Bertz CT molecular complexity index is 756. The van der Waals surface area contributed by atoms with Crippen molar-refractivity contribution in [1.82, 2.24) is 15.0 Å². The Hall–Kier alpha value is -2.03. The van der Waals surface area contributed by atoms with Crippen molar-refractivity contribution >= 4 is 22.7 Å². The van der Waals surface area contributed by atoms with Crippen molar-refractivity contribution in [3.63, 3.8) is 0 Å². The number of hydrogen-bond donors (Lipinski definition) is 4. The largest absolute Gasteiger partial charge is 0.387 e. The SMILES string of the molecule is CNc1nc2cnc(C(O)C(C)(C)O)cc2nc1NC1CC(OC)C1. The molecule has 2 aromatic heterocycles. The zero-order valence-electron chi connectivity index (χ0n) is 14.9. The van der Waals surface area contributed by atoms with Crippen molar-refractivity contribution in [3.05, 3.63) is 18.0 Å². The van der Waals surface area contributed by atoms with Crippen LogP contribution >= 0.6 is 0 Å². The number of fused-ring (bicyclic) bond motifs is 1. The van der Waals surface area contributed by atoms with Crippen LogP contribution in [0.5, 0.6) is 0 Å². The van der Waals surface area contributed by atoms with Gasteiger partial charge in [0, 0.05) is 20.2 Å². The number of aliphatic hydroxyl groups excluding tert-OH is 1. The van der Waals surface area contributed by atoms with Gasteiger partial charge in [-0.2, -0.15) is 0 Å². The maximum Gasteiger partial charge on any atom is 0.169 e. The Morgan fingerprint density at radius 1 is 1.24 bits per heavy atom. The molecule has 1 aliphatic carbocycles. The van der Waals surface area contributed by atoms with Crippen LogP contribution in [0.2, 0.25) is 0 Å². The van der Waals surface area contributed by atoms with Gasteiger partial charge in [-0.15, -0.1) is 0 Å². The predicted octanol–water partition coefficient (Wildman–Crippen LogP) is 1.46. The number of rotatable bonds is 6. The summed E-state index contributed by atoms with van der Waals surface area (Å²) in [7, 11) is 3.51. The summed E-state index contributed by atoms with van der Waals surface area (Å²) in [6, 6.07) is 1.96. The highest BCUT2D eigenvalue weighted by Gasteiger charge is 2.30. The molecule has 8 nitrogen and oxygen atoms in total. The Morgan fingerprint density at radius 2 is 1.92 bits per heavy atom. The molecule has 1 atom stereocenters. The van der Waals surface area contributed by atoms with Gasteiger partial charge in [0.15, 0.2) is 11.6 Å². The molecule has 25 heavy (non-hydrogen) atoms. The van der Waals surface area contributed by atoms with E-state index in [1.165, 1.54) is 13.8 Å². The quantitative estimate of drug-likeness (QED) is 0.621. The van der Waals surface area contributed by atoms with Crippen LogP contribution in [-0.4, -0.2) is 57.1 Å². The highest BCUT2D eigenvalue weighted by molar-refractivity contribution is 5.80. The molecule has 2 aromatic rings.